The number of rotatable bonds is 4. The number of hydrogen-bond donors (Lipinski definition) is 3. The van der Waals surface area contributed by atoms with Crippen molar-refractivity contribution in [2.75, 3.05) is 19.7 Å². The van der Waals surface area contributed by atoms with Crippen LogP contribution in [-0.4, -0.2) is 53.7 Å². The number of carbonyl (C=O) groups is 2. The Morgan fingerprint density at radius 3 is 2.55 bits per heavy atom. The summed E-state index contributed by atoms with van der Waals surface area (Å²) in [5.41, 5.74) is 0. The number of aliphatic hydroxyl groups excluding tert-OH is 1. The lowest BCUT2D eigenvalue weighted by Gasteiger charge is -2.24. The molecule has 1 heterocycles. The van der Waals surface area contributed by atoms with E-state index in [2.05, 4.69) is 10.6 Å². The van der Waals surface area contributed by atoms with Crippen LogP contribution in [-0.2, 0) is 4.79 Å². The predicted octanol–water partition coefficient (Wildman–Crippen LogP) is 0.602. The molecule has 1 saturated carbocycles. The smallest absolute Gasteiger partial charge is 0.321 e. The number of nitrogens with one attached hydrogen (secondary N) is 2. The van der Waals surface area contributed by atoms with Crippen LogP contribution in [0.1, 0.15) is 44.9 Å². The summed E-state index contributed by atoms with van der Waals surface area (Å²) in [5.74, 6) is -0.293. The van der Waals surface area contributed by atoms with E-state index in [1.165, 1.54) is 6.42 Å². The third-order valence-electron chi connectivity index (χ3n) is 4.25. The van der Waals surface area contributed by atoms with Gasteiger partial charge in [0.15, 0.2) is 0 Å². The molecule has 0 aromatic carbocycles. The van der Waals surface area contributed by atoms with E-state index in [0.29, 0.717) is 0 Å². The molecule has 2 fully saturated rings. The second-order valence-electron chi connectivity index (χ2n) is 5.81. The molecule has 0 unspecified atom stereocenters. The summed E-state index contributed by atoms with van der Waals surface area (Å²) in [5, 5.41) is 14.4. The maximum Gasteiger partial charge on any atom is 0.321 e. The lowest BCUT2D eigenvalue weighted by Crippen LogP contribution is -2.48. The topological polar surface area (TPSA) is 81.7 Å². The van der Waals surface area contributed by atoms with Gasteiger partial charge in [-0.15, -0.1) is 0 Å². The van der Waals surface area contributed by atoms with Crippen molar-refractivity contribution in [2.24, 2.45) is 0 Å². The van der Waals surface area contributed by atoms with Crippen molar-refractivity contribution in [3.63, 3.8) is 0 Å². The number of nitrogens with zero attached hydrogens (tertiary/aromatic N) is 1. The van der Waals surface area contributed by atoms with E-state index in [1.54, 1.807) is 0 Å². The molecule has 3 N–H and O–H groups in total. The summed E-state index contributed by atoms with van der Waals surface area (Å²) in [7, 11) is 0. The summed E-state index contributed by atoms with van der Waals surface area (Å²) >= 11 is 0. The van der Waals surface area contributed by atoms with Crippen molar-refractivity contribution in [3.05, 3.63) is 0 Å². The van der Waals surface area contributed by atoms with E-state index in [0.717, 1.165) is 45.1 Å². The average Bonchev–Trinajstić information content (AvgIpc) is 2.86. The molecular formula is C14H25N3O3. The van der Waals surface area contributed by atoms with E-state index in [1.807, 2.05) is 4.90 Å². The lowest BCUT2D eigenvalue weighted by molar-refractivity contribution is -0.121. The first kappa shape index (κ1) is 15.3. The average molecular weight is 283 g/mol. The highest BCUT2D eigenvalue weighted by Crippen LogP contribution is 2.17. The predicted molar refractivity (Wildman–Crippen MR) is 75.2 cm³/mol. The van der Waals surface area contributed by atoms with Gasteiger partial charge < -0.3 is 10.4 Å². The summed E-state index contributed by atoms with van der Waals surface area (Å²) in [6, 6.07) is -0.127. The summed E-state index contributed by atoms with van der Waals surface area (Å²) in [6.45, 7) is 1.06. The Hall–Kier alpha value is -1.14. The standard InChI is InChI=1S/C14H25N3O3/c18-10-12-7-4-8-17(12)9-13(19)16-14(20)15-11-5-2-1-3-6-11/h11-12,18H,1-10H2,(H2,15,16,19,20)/t12-/m1/s1. The molecule has 0 bridgehead atoms. The van der Waals surface area contributed by atoms with Crippen molar-refractivity contribution in [1.82, 2.24) is 15.5 Å². The van der Waals surface area contributed by atoms with Crippen LogP contribution in [0.2, 0.25) is 0 Å². The molecule has 6 nitrogen and oxygen atoms in total. The number of amides is 3. The van der Waals surface area contributed by atoms with E-state index < -0.39 is 0 Å². The van der Waals surface area contributed by atoms with Gasteiger partial charge in [0.25, 0.3) is 0 Å². The molecule has 20 heavy (non-hydrogen) atoms. The maximum atomic E-state index is 11.8. The molecule has 0 aromatic rings. The van der Waals surface area contributed by atoms with E-state index in [4.69, 9.17) is 0 Å². The lowest BCUT2D eigenvalue weighted by atomic mass is 9.96. The van der Waals surface area contributed by atoms with Crippen LogP contribution >= 0.6 is 0 Å². The van der Waals surface area contributed by atoms with Gasteiger partial charge in [-0.3, -0.25) is 15.0 Å². The second-order valence-corrected chi connectivity index (χ2v) is 5.81. The van der Waals surface area contributed by atoms with Gasteiger partial charge >= 0.3 is 6.03 Å². The molecule has 3 amide bonds. The first-order chi connectivity index (χ1) is 9.69. The number of carbonyl (C=O) groups excluding carboxylic acids is 2. The zero-order chi connectivity index (χ0) is 14.4. The van der Waals surface area contributed by atoms with Crippen molar-refractivity contribution in [2.45, 2.75) is 57.0 Å². The molecule has 1 aliphatic carbocycles. The quantitative estimate of drug-likeness (QED) is 0.706. The first-order valence-corrected chi connectivity index (χ1v) is 7.64. The Morgan fingerprint density at radius 2 is 1.85 bits per heavy atom. The Labute approximate surface area is 119 Å². The fraction of sp³-hybridized carbons (Fsp3) is 0.857. The fourth-order valence-electron chi connectivity index (χ4n) is 3.13. The van der Waals surface area contributed by atoms with Crippen LogP contribution in [0.25, 0.3) is 0 Å². The number of urea groups is 1. The Kier molecular flexibility index (Phi) is 5.79. The minimum atomic E-state index is -0.387. The van der Waals surface area contributed by atoms with E-state index in [-0.39, 0.29) is 37.2 Å². The Balaban J connectivity index is 1.69. The van der Waals surface area contributed by atoms with E-state index >= 15 is 0 Å². The maximum absolute atomic E-state index is 11.8. The highest BCUT2D eigenvalue weighted by Gasteiger charge is 2.26. The number of imide groups is 1. The van der Waals surface area contributed by atoms with Crippen molar-refractivity contribution in [3.8, 4) is 0 Å². The van der Waals surface area contributed by atoms with Gasteiger partial charge in [-0.2, -0.15) is 0 Å². The van der Waals surface area contributed by atoms with Crippen molar-refractivity contribution in [1.29, 1.82) is 0 Å². The summed E-state index contributed by atoms with van der Waals surface area (Å²) in [6.07, 6.45) is 7.43. The highest BCUT2D eigenvalue weighted by atomic mass is 16.3. The van der Waals surface area contributed by atoms with Gasteiger partial charge in [0.05, 0.1) is 13.2 Å². The second kappa shape index (κ2) is 7.59. The Bertz CT molecular complexity index is 343. The number of hydrogen-bond acceptors (Lipinski definition) is 4. The molecule has 0 aromatic heterocycles. The van der Waals surface area contributed by atoms with Crippen LogP contribution in [0.5, 0.6) is 0 Å². The van der Waals surface area contributed by atoms with Crippen LogP contribution < -0.4 is 10.6 Å². The monoisotopic (exact) mass is 283 g/mol. The zero-order valence-electron chi connectivity index (χ0n) is 11.9. The minimum absolute atomic E-state index is 0.0576. The largest absolute Gasteiger partial charge is 0.395 e. The van der Waals surface area contributed by atoms with Gasteiger partial charge in [0.2, 0.25) is 5.91 Å². The molecule has 6 heteroatoms. The number of aliphatic hydroxyl groups is 1. The van der Waals surface area contributed by atoms with Crippen LogP contribution in [0, 0.1) is 0 Å². The van der Waals surface area contributed by atoms with Gasteiger partial charge in [0, 0.05) is 12.1 Å². The van der Waals surface area contributed by atoms with Crippen molar-refractivity contribution < 1.29 is 14.7 Å². The minimum Gasteiger partial charge on any atom is -0.395 e. The third kappa shape index (κ3) is 4.45. The SMILES string of the molecule is O=C(CN1CCC[C@@H]1CO)NC(=O)NC1CCCCC1. The van der Waals surface area contributed by atoms with Gasteiger partial charge in [0.1, 0.15) is 0 Å². The van der Waals surface area contributed by atoms with Gasteiger partial charge in [-0.25, -0.2) is 4.79 Å². The van der Waals surface area contributed by atoms with Crippen LogP contribution in [0.4, 0.5) is 4.79 Å². The molecular weight excluding hydrogens is 258 g/mol. The normalized spacial score (nSPS) is 24.6. The van der Waals surface area contributed by atoms with Gasteiger partial charge in [-0.1, -0.05) is 19.3 Å². The molecule has 0 radical (unpaired) electrons. The first-order valence-electron chi connectivity index (χ1n) is 7.64. The van der Waals surface area contributed by atoms with Crippen LogP contribution in [0.15, 0.2) is 0 Å². The molecule has 1 saturated heterocycles. The molecule has 1 aliphatic heterocycles. The fourth-order valence-corrected chi connectivity index (χ4v) is 3.13. The molecule has 0 spiro atoms. The summed E-state index contributed by atoms with van der Waals surface area (Å²) in [4.78, 5) is 25.5. The zero-order valence-corrected chi connectivity index (χ0v) is 11.9. The van der Waals surface area contributed by atoms with Crippen molar-refractivity contribution >= 4 is 11.9 Å². The summed E-state index contributed by atoms with van der Waals surface area (Å²) < 4.78 is 0. The highest BCUT2D eigenvalue weighted by molar-refractivity contribution is 5.95. The molecule has 2 aliphatic rings. The number of likely N-dealkylation sites (tertiary alicyclic amines) is 1. The van der Waals surface area contributed by atoms with E-state index in [9.17, 15) is 14.7 Å². The Morgan fingerprint density at radius 1 is 1.10 bits per heavy atom. The van der Waals surface area contributed by atoms with Crippen LogP contribution in [0.3, 0.4) is 0 Å². The van der Waals surface area contributed by atoms with Gasteiger partial charge in [-0.05, 0) is 32.2 Å². The third-order valence-corrected chi connectivity index (χ3v) is 4.25. The molecule has 1 atom stereocenters. The molecule has 114 valence electrons. The molecule has 2 rings (SSSR count).